The average Bonchev–Trinajstić information content (AvgIpc) is 2.18. The Kier molecular flexibility index (Phi) is 2.88. The van der Waals surface area contributed by atoms with Gasteiger partial charge in [-0.3, -0.25) is 4.79 Å². The lowest BCUT2D eigenvalue weighted by Gasteiger charge is -2.21. The number of ether oxygens (including phenoxy) is 1. The molecule has 1 aromatic carbocycles. The number of nitriles is 1. The van der Waals surface area contributed by atoms with Crippen molar-refractivity contribution in [3.05, 3.63) is 35.9 Å². The number of benzene rings is 1. The van der Waals surface area contributed by atoms with E-state index in [1.807, 2.05) is 12.1 Å². The molecule has 0 radical (unpaired) electrons. The van der Waals surface area contributed by atoms with Gasteiger partial charge in [-0.1, -0.05) is 30.3 Å². The maximum absolute atomic E-state index is 10.8. The van der Waals surface area contributed by atoms with Gasteiger partial charge in [-0.2, -0.15) is 5.26 Å². The molecule has 0 spiro atoms. The third-order valence-corrected chi connectivity index (χ3v) is 1.89. The van der Waals surface area contributed by atoms with Gasteiger partial charge in [0, 0.05) is 12.5 Å². The first-order valence-electron chi connectivity index (χ1n) is 4.25. The average molecular weight is 189 g/mol. The highest BCUT2D eigenvalue weighted by Gasteiger charge is 2.29. The zero-order valence-corrected chi connectivity index (χ0v) is 8.15. The molecule has 0 saturated carbocycles. The van der Waals surface area contributed by atoms with Crippen molar-refractivity contribution < 1.29 is 9.53 Å². The molecular weight excluding hydrogens is 178 g/mol. The number of hydrogen-bond acceptors (Lipinski definition) is 3. The SMILES string of the molecule is CC(=O)OC(C)(C#N)c1ccccc1. The first-order chi connectivity index (χ1) is 6.58. The second-order valence-corrected chi connectivity index (χ2v) is 3.10. The van der Waals surface area contributed by atoms with Gasteiger partial charge in [0.05, 0.1) is 0 Å². The van der Waals surface area contributed by atoms with Crippen molar-refractivity contribution in [2.24, 2.45) is 0 Å². The van der Waals surface area contributed by atoms with Gasteiger partial charge in [0.2, 0.25) is 5.60 Å². The van der Waals surface area contributed by atoms with Crippen LogP contribution in [0.25, 0.3) is 0 Å². The van der Waals surface area contributed by atoms with E-state index in [2.05, 4.69) is 0 Å². The Balaban J connectivity index is 3.03. The molecule has 0 heterocycles. The first-order valence-corrected chi connectivity index (χ1v) is 4.25. The highest BCUT2D eigenvalue weighted by atomic mass is 16.6. The lowest BCUT2D eigenvalue weighted by Crippen LogP contribution is -2.26. The summed E-state index contributed by atoms with van der Waals surface area (Å²) in [6.45, 7) is 2.86. The maximum Gasteiger partial charge on any atom is 0.304 e. The molecule has 1 rings (SSSR count). The number of hydrogen-bond donors (Lipinski definition) is 0. The molecule has 1 atom stereocenters. The molecule has 1 aromatic rings. The normalized spacial score (nSPS) is 13.8. The van der Waals surface area contributed by atoms with Crippen molar-refractivity contribution in [2.75, 3.05) is 0 Å². The van der Waals surface area contributed by atoms with Gasteiger partial charge in [0.15, 0.2) is 0 Å². The molecule has 0 aliphatic heterocycles. The third-order valence-electron chi connectivity index (χ3n) is 1.89. The van der Waals surface area contributed by atoms with E-state index in [0.29, 0.717) is 5.56 Å². The van der Waals surface area contributed by atoms with Gasteiger partial charge < -0.3 is 4.74 Å². The van der Waals surface area contributed by atoms with Crippen LogP contribution >= 0.6 is 0 Å². The predicted molar refractivity (Wildman–Crippen MR) is 51.2 cm³/mol. The Labute approximate surface area is 82.9 Å². The van der Waals surface area contributed by atoms with Crippen molar-refractivity contribution in [3.8, 4) is 6.07 Å². The Hall–Kier alpha value is -1.82. The van der Waals surface area contributed by atoms with Crippen LogP contribution in [-0.2, 0) is 15.1 Å². The minimum Gasteiger partial charge on any atom is -0.440 e. The van der Waals surface area contributed by atoms with Gasteiger partial charge in [0.25, 0.3) is 0 Å². The quantitative estimate of drug-likeness (QED) is 0.668. The molecule has 3 nitrogen and oxygen atoms in total. The van der Waals surface area contributed by atoms with Gasteiger partial charge in [0.1, 0.15) is 6.07 Å². The van der Waals surface area contributed by atoms with Crippen LogP contribution in [0.1, 0.15) is 19.4 Å². The molecule has 0 saturated heterocycles. The molecule has 0 amide bonds. The van der Waals surface area contributed by atoms with Gasteiger partial charge in [-0.05, 0) is 6.92 Å². The van der Waals surface area contributed by atoms with Crippen molar-refractivity contribution in [3.63, 3.8) is 0 Å². The Bertz CT molecular complexity index is 367. The fourth-order valence-electron chi connectivity index (χ4n) is 1.19. The lowest BCUT2D eigenvalue weighted by atomic mass is 9.98. The highest BCUT2D eigenvalue weighted by molar-refractivity contribution is 5.67. The summed E-state index contributed by atoms with van der Waals surface area (Å²) in [5.74, 6) is -0.460. The number of carbonyl (C=O) groups is 1. The second kappa shape index (κ2) is 3.93. The molecule has 72 valence electrons. The zero-order chi connectivity index (χ0) is 10.6. The molecule has 1 unspecified atom stereocenters. The number of rotatable bonds is 2. The summed E-state index contributed by atoms with van der Waals surface area (Å²) < 4.78 is 4.97. The molecule has 0 fully saturated rings. The van der Waals surface area contributed by atoms with Crippen LogP contribution in [0.2, 0.25) is 0 Å². The van der Waals surface area contributed by atoms with Crippen LogP contribution in [0, 0.1) is 11.3 Å². The van der Waals surface area contributed by atoms with Crippen LogP contribution < -0.4 is 0 Å². The largest absolute Gasteiger partial charge is 0.440 e. The van der Waals surface area contributed by atoms with Crippen LogP contribution in [0.15, 0.2) is 30.3 Å². The monoisotopic (exact) mass is 189 g/mol. The molecule has 0 N–H and O–H groups in total. The number of nitrogens with zero attached hydrogens (tertiary/aromatic N) is 1. The van der Waals surface area contributed by atoms with Crippen molar-refractivity contribution >= 4 is 5.97 Å². The molecule has 0 aliphatic carbocycles. The first kappa shape index (κ1) is 10.3. The molecule has 14 heavy (non-hydrogen) atoms. The lowest BCUT2D eigenvalue weighted by molar-refractivity contribution is -0.151. The number of carbonyl (C=O) groups excluding carboxylic acids is 1. The van der Waals surface area contributed by atoms with Gasteiger partial charge in [-0.15, -0.1) is 0 Å². The molecule has 3 heteroatoms. The van der Waals surface area contributed by atoms with Crippen LogP contribution in [0.3, 0.4) is 0 Å². The summed E-state index contributed by atoms with van der Waals surface area (Å²) in [4.78, 5) is 10.8. The van der Waals surface area contributed by atoms with Crippen LogP contribution in [0.4, 0.5) is 0 Å². The van der Waals surface area contributed by atoms with E-state index in [1.54, 1.807) is 31.2 Å². The van der Waals surface area contributed by atoms with E-state index in [0.717, 1.165) is 0 Å². The zero-order valence-electron chi connectivity index (χ0n) is 8.15. The van der Waals surface area contributed by atoms with E-state index < -0.39 is 11.6 Å². The van der Waals surface area contributed by atoms with Gasteiger partial charge in [-0.25, -0.2) is 0 Å². The Morgan fingerprint density at radius 1 is 1.43 bits per heavy atom. The minimum absolute atomic E-state index is 0.460. The van der Waals surface area contributed by atoms with Crippen LogP contribution in [-0.4, -0.2) is 5.97 Å². The molecule has 0 aromatic heterocycles. The van der Waals surface area contributed by atoms with Crippen molar-refractivity contribution in [2.45, 2.75) is 19.4 Å². The summed E-state index contributed by atoms with van der Waals surface area (Å²) in [5.41, 5.74) is -0.509. The van der Waals surface area contributed by atoms with Crippen molar-refractivity contribution in [1.29, 1.82) is 5.26 Å². The van der Waals surface area contributed by atoms with E-state index >= 15 is 0 Å². The van der Waals surface area contributed by atoms with Crippen molar-refractivity contribution in [1.82, 2.24) is 0 Å². The molecular formula is C11H11NO2. The highest BCUT2D eigenvalue weighted by Crippen LogP contribution is 2.24. The second-order valence-electron chi connectivity index (χ2n) is 3.10. The summed E-state index contributed by atoms with van der Waals surface area (Å²) in [6, 6.07) is 10.9. The van der Waals surface area contributed by atoms with E-state index in [4.69, 9.17) is 10.00 Å². The topological polar surface area (TPSA) is 50.1 Å². The van der Waals surface area contributed by atoms with Gasteiger partial charge >= 0.3 is 5.97 Å². The van der Waals surface area contributed by atoms with Crippen LogP contribution in [0.5, 0.6) is 0 Å². The molecule has 0 bridgehead atoms. The summed E-state index contributed by atoms with van der Waals surface area (Å²) in [6.07, 6.45) is 0. The standard InChI is InChI=1S/C11H11NO2/c1-9(13)14-11(2,8-12)10-6-4-3-5-7-10/h3-7H,1-2H3. The van der Waals surface area contributed by atoms with E-state index in [1.165, 1.54) is 6.92 Å². The summed E-state index contributed by atoms with van der Waals surface area (Å²) in [7, 11) is 0. The predicted octanol–water partition coefficient (Wildman–Crippen LogP) is 1.99. The summed E-state index contributed by atoms with van der Waals surface area (Å²) >= 11 is 0. The van der Waals surface area contributed by atoms with E-state index in [9.17, 15) is 4.79 Å². The van der Waals surface area contributed by atoms with E-state index in [-0.39, 0.29) is 0 Å². The maximum atomic E-state index is 10.8. The fourth-order valence-corrected chi connectivity index (χ4v) is 1.19. The Morgan fingerprint density at radius 2 is 2.00 bits per heavy atom. The molecule has 0 aliphatic rings. The minimum atomic E-state index is -1.19. The fraction of sp³-hybridized carbons (Fsp3) is 0.273. The Morgan fingerprint density at radius 3 is 2.43 bits per heavy atom. The number of esters is 1. The third kappa shape index (κ3) is 2.11. The smallest absolute Gasteiger partial charge is 0.304 e. The summed E-state index contributed by atoms with van der Waals surface area (Å²) in [5, 5.41) is 8.96.